The fraction of sp³-hybridized carbons (Fsp3) is 0.462. The number of hydrogen-bond donors (Lipinski definition) is 1. The van der Waals surface area contributed by atoms with Gasteiger partial charge >= 0.3 is 0 Å². The lowest BCUT2D eigenvalue weighted by molar-refractivity contribution is 0.423. The minimum Gasteiger partial charge on any atom is -0.398 e. The van der Waals surface area contributed by atoms with Crippen molar-refractivity contribution in [1.29, 1.82) is 0 Å². The van der Waals surface area contributed by atoms with Crippen molar-refractivity contribution in [2.45, 2.75) is 48.7 Å². The maximum absolute atomic E-state index is 5.94. The number of nitrogens with two attached hydrogens (primary N) is 1. The van der Waals surface area contributed by atoms with Crippen LogP contribution in [0.25, 0.3) is 0 Å². The molecule has 2 aromatic rings. The van der Waals surface area contributed by atoms with Gasteiger partial charge in [0, 0.05) is 10.6 Å². The normalized spacial score (nSPS) is 16.1. The van der Waals surface area contributed by atoms with Gasteiger partial charge in [0.05, 0.1) is 6.04 Å². The zero-order valence-electron chi connectivity index (χ0n) is 10.9. The summed E-state index contributed by atoms with van der Waals surface area (Å²) in [6, 6.07) is 6.53. The van der Waals surface area contributed by atoms with Crippen LogP contribution < -0.4 is 5.73 Å². The van der Waals surface area contributed by atoms with Gasteiger partial charge in [0.25, 0.3) is 0 Å². The van der Waals surface area contributed by atoms with E-state index in [1.165, 1.54) is 25.7 Å². The van der Waals surface area contributed by atoms with E-state index in [-0.39, 0.29) is 0 Å². The Morgan fingerprint density at radius 2 is 2.11 bits per heavy atom. The van der Waals surface area contributed by atoms with Crippen LogP contribution in [0.1, 0.15) is 37.3 Å². The van der Waals surface area contributed by atoms with E-state index in [9.17, 15) is 0 Å². The predicted molar refractivity (Wildman–Crippen MR) is 75.0 cm³/mol. The fourth-order valence-corrected chi connectivity index (χ4v) is 3.31. The number of nitrogen functional groups attached to an aromatic ring is 1. The number of aryl methyl sites for hydroxylation is 1. The number of hydrogen-bond acceptors (Lipinski definition) is 5. The van der Waals surface area contributed by atoms with E-state index in [1.807, 2.05) is 23.7 Å². The molecule has 1 heterocycles. The lowest BCUT2D eigenvalue weighted by Gasteiger charge is -2.11. The van der Waals surface area contributed by atoms with E-state index in [1.54, 1.807) is 11.8 Å². The summed E-state index contributed by atoms with van der Waals surface area (Å²) in [6.07, 6.45) is 4.89. The first-order valence-electron chi connectivity index (χ1n) is 6.56. The summed E-state index contributed by atoms with van der Waals surface area (Å²) in [5.74, 6) is 0. The molecule has 3 rings (SSSR count). The van der Waals surface area contributed by atoms with Crippen molar-refractivity contribution in [3.05, 3.63) is 23.8 Å². The van der Waals surface area contributed by atoms with Crippen molar-refractivity contribution in [3.8, 4) is 0 Å². The summed E-state index contributed by atoms with van der Waals surface area (Å²) in [5, 5.41) is 12.9. The van der Waals surface area contributed by atoms with Gasteiger partial charge in [0.15, 0.2) is 0 Å². The molecule has 0 saturated heterocycles. The molecule has 1 aliphatic carbocycles. The second-order valence-corrected chi connectivity index (χ2v) is 6.01. The SMILES string of the molecule is Cc1ccc(Sc2nnnn2C2CCCC2)cc1N. The third-order valence-corrected chi connectivity index (χ3v) is 4.53. The van der Waals surface area contributed by atoms with Gasteiger partial charge in [-0.15, -0.1) is 5.10 Å². The average molecular weight is 275 g/mol. The van der Waals surface area contributed by atoms with Gasteiger partial charge in [-0.05, 0) is 59.7 Å². The Labute approximate surface area is 116 Å². The van der Waals surface area contributed by atoms with Gasteiger partial charge in [-0.1, -0.05) is 18.9 Å². The lowest BCUT2D eigenvalue weighted by atomic mass is 10.2. The number of nitrogens with zero attached hydrogens (tertiary/aromatic N) is 4. The molecule has 0 atom stereocenters. The van der Waals surface area contributed by atoms with E-state index < -0.39 is 0 Å². The summed E-state index contributed by atoms with van der Waals surface area (Å²) in [5.41, 5.74) is 7.85. The molecule has 0 spiro atoms. The van der Waals surface area contributed by atoms with Crippen LogP contribution in [0.5, 0.6) is 0 Å². The van der Waals surface area contributed by atoms with Crippen LogP contribution in [-0.2, 0) is 0 Å². The van der Waals surface area contributed by atoms with E-state index in [0.717, 1.165) is 21.3 Å². The third-order valence-electron chi connectivity index (χ3n) is 3.59. The Balaban J connectivity index is 1.83. The highest BCUT2D eigenvalue weighted by Crippen LogP contribution is 2.34. The van der Waals surface area contributed by atoms with Gasteiger partial charge < -0.3 is 5.73 Å². The van der Waals surface area contributed by atoms with Gasteiger partial charge in [0.2, 0.25) is 5.16 Å². The van der Waals surface area contributed by atoms with Crippen molar-refractivity contribution >= 4 is 17.4 Å². The summed E-state index contributed by atoms with van der Waals surface area (Å²) in [7, 11) is 0. The van der Waals surface area contributed by atoms with Crippen LogP contribution in [0.3, 0.4) is 0 Å². The average Bonchev–Trinajstić information content (AvgIpc) is 3.04. The molecule has 1 fully saturated rings. The molecule has 1 aromatic heterocycles. The first-order chi connectivity index (χ1) is 9.24. The first-order valence-corrected chi connectivity index (χ1v) is 7.37. The second kappa shape index (κ2) is 5.21. The van der Waals surface area contributed by atoms with E-state index >= 15 is 0 Å². The number of aromatic nitrogens is 4. The van der Waals surface area contributed by atoms with E-state index in [4.69, 9.17) is 5.73 Å². The minimum atomic E-state index is 0.459. The topological polar surface area (TPSA) is 69.6 Å². The second-order valence-electron chi connectivity index (χ2n) is 4.96. The summed E-state index contributed by atoms with van der Waals surface area (Å²) >= 11 is 1.58. The van der Waals surface area contributed by atoms with Crippen LogP contribution in [0, 0.1) is 6.92 Å². The van der Waals surface area contributed by atoms with Crippen molar-refractivity contribution in [2.75, 3.05) is 5.73 Å². The highest BCUT2D eigenvalue weighted by atomic mass is 32.2. The van der Waals surface area contributed by atoms with Gasteiger partial charge in [-0.2, -0.15) is 0 Å². The van der Waals surface area contributed by atoms with Crippen molar-refractivity contribution in [2.24, 2.45) is 0 Å². The van der Waals surface area contributed by atoms with Crippen molar-refractivity contribution in [1.82, 2.24) is 20.2 Å². The summed E-state index contributed by atoms with van der Waals surface area (Å²) < 4.78 is 1.97. The predicted octanol–water partition coefficient (Wildman–Crippen LogP) is 2.83. The minimum absolute atomic E-state index is 0.459. The quantitative estimate of drug-likeness (QED) is 0.872. The Kier molecular flexibility index (Phi) is 3.42. The van der Waals surface area contributed by atoms with E-state index in [0.29, 0.717) is 6.04 Å². The first kappa shape index (κ1) is 12.5. The standard InChI is InChI=1S/C13H17N5S/c1-9-6-7-11(8-12(9)14)19-13-15-16-17-18(13)10-4-2-3-5-10/h6-8,10H,2-5,14H2,1H3. The molecule has 6 heteroatoms. The number of tetrazole rings is 1. The molecular formula is C13H17N5S. The molecule has 0 radical (unpaired) electrons. The molecule has 1 aromatic carbocycles. The van der Waals surface area contributed by atoms with Crippen molar-refractivity contribution in [3.63, 3.8) is 0 Å². The summed E-state index contributed by atoms with van der Waals surface area (Å²) in [6.45, 7) is 2.01. The molecule has 0 unspecified atom stereocenters. The number of anilines is 1. The molecule has 0 bridgehead atoms. The van der Waals surface area contributed by atoms with E-state index in [2.05, 4.69) is 21.6 Å². The van der Waals surface area contributed by atoms with Crippen LogP contribution in [-0.4, -0.2) is 20.2 Å². The maximum atomic E-state index is 5.94. The molecule has 2 N–H and O–H groups in total. The number of benzene rings is 1. The fourth-order valence-electron chi connectivity index (χ4n) is 2.42. The Bertz CT molecular complexity index is 574. The highest BCUT2D eigenvalue weighted by molar-refractivity contribution is 7.99. The number of rotatable bonds is 3. The van der Waals surface area contributed by atoms with Gasteiger partial charge in [0.1, 0.15) is 0 Å². The van der Waals surface area contributed by atoms with Crippen LogP contribution >= 0.6 is 11.8 Å². The largest absolute Gasteiger partial charge is 0.398 e. The zero-order chi connectivity index (χ0) is 13.2. The summed E-state index contributed by atoms with van der Waals surface area (Å²) in [4.78, 5) is 1.08. The molecule has 1 saturated carbocycles. The van der Waals surface area contributed by atoms with Crippen LogP contribution in [0.2, 0.25) is 0 Å². The maximum Gasteiger partial charge on any atom is 0.214 e. The zero-order valence-corrected chi connectivity index (χ0v) is 11.7. The Morgan fingerprint density at radius 3 is 2.84 bits per heavy atom. The molecule has 100 valence electrons. The molecule has 0 amide bonds. The Hall–Kier alpha value is -1.56. The van der Waals surface area contributed by atoms with Crippen LogP contribution in [0.4, 0.5) is 5.69 Å². The van der Waals surface area contributed by atoms with Crippen LogP contribution in [0.15, 0.2) is 28.3 Å². The molecular weight excluding hydrogens is 258 g/mol. The van der Waals surface area contributed by atoms with Gasteiger partial charge in [-0.3, -0.25) is 0 Å². The lowest BCUT2D eigenvalue weighted by Crippen LogP contribution is -2.08. The van der Waals surface area contributed by atoms with Gasteiger partial charge in [-0.25, -0.2) is 4.68 Å². The molecule has 19 heavy (non-hydrogen) atoms. The third kappa shape index (κ3) is 2.58. The molecule has 1 aliphatic rings. The smallest absolute Gasteiger partial charge is 0.214 e. The highest BCUT2D eigenvalue weighted by Gasteiger charge is 2.21. The molecule has 5 nitrogen and oxygen atoms in total. The Morgan fingerprint density at radius 1 is 1.32 bits per heavy atom. The monoisotopic (exact) mass is 275 g/mol. The molecule has 0 aliphatic heterocycles. The van der Waals surface area contributed by atoms with Crippen molar-refractivity contribution < 1.29 is 0 Å².